The van der Waals surface area contributed by atoms with Crippen LogP contribution in [0, 0.1) is 23.7 Å². The Morgan fingerprint density at radius 3 is 2.83 bits per heavy atom. The van der Waals surface area contributed by atoms with Crippen LogP contribution in [0.5, 0.6) is 0 Å². The predicted octanol–water partition coefficient (Wildman–Crippen LogP) is 0.924. The fourth-order valence-electron chi connectivity index (χ4n) is 1.74. The number of rotatable bonds is 2. The molecule has 2 saturated carbocycles. The van der Waals surface area contributed by atoms with Crippen molar-refractivity contribution < 1.29 is 4.79 Å². The van der Waals surface area contributed by atoms with Crippen molar-refractivity contribution in [1.82, 2.24) is 5.32 Å². The van der Waals surface area contributed by atoms with E-state index in [0.29, 0.717) is 6.04 Å². The highest BCUT2D eigenvalue weighted by Crippen LogP contribution is 2.49. The highest BCUT2D eigenvalue weighted by molar-refractivity contribution is 5.93. The summed E-state index contributed by atoms with van der Waals surface area (Å²) in [5.74, 6) is 6.70. The zero-order chi connectivity index (χ0) is 8.55. The number of amides is 1. The lowest BCUT2D eigenvalue weighted by Gasteiger charge is -1.96. The van der Waals surface area contributed by atoms with Crippen LogP contribution >= 0.6 is 0 Å². The van der Waals surface area contributed by atoms with E-state index in [-0.39, 0.29) is 5.91 Å². The van der Waals surface area contributed by atoms with Crippen molar-refractivity contribution in [3.63, 3.8) is 0 Å². The standard InChI is InChI=1S/C10H13NO/c1-2-3-10(12)11-9-6-8(9)7-4-5-7/h7-9H,4-6H2,1H3,(H,11,12)/t8-,9+/m0/s1. The molecule has 64 valence electrons. The summed E-state index contributed by atoms with van der Waals surface area (Å²) in [6, 6.07) is 0.450. The van der Waals surface area contributed by atoms with Gasteiger partial charge in [-0.05, 0) is 43.9 Å². The highest BCUT2D eigenvalue weighted by atomic mass is 16.1. The molecule has 2 heteroatoms. The summed E-state index contributed by atoms with van der Waals surface area (Å²) < 4.78 is 0. The molecule has 1 amide bonds. The van der Waals surface area contributed by atoms with Gasteiger partial charge in [0.1, 0.15) is 0 Å². The molecule has 2 rings (SSSR count). The maximum atomic E-state index is 11.0. The largest absolute Gasteiger partial charge is 0.342 e. The SMILES string of the molecule is CC#CC(=O)N[C@@H]1C[C@H]1C1CC1. The Bertz CT molecular complexity index is 257. The summed E-state index contributed by atoms with van der Waals surface area (Å²) in [6.45, 7) is 1.69. The Labute approximate surface area is 72.7 Å². The van der Waals surface area contributed by atoms with Gasteiger partial charge < -0.3 is 5.32 Å². The lowest BCUT2D eigenvalue weighted by molar-refractivity contribution is -0.115. The normalized spacial score (nSPS) is 31.8. The third kappa shape index (κ3) is 1.61. The van der Waals surface area contributed by atoms with Gasteiger partial charge in [0.05, 0.1) is 0 Å². The molecule has 0 aromatic carbocycles. The second-order valence-electron chi connectivity index (χ2n) is 3.69. The highest BCUT2D eigenvalue weighted by Gasteiger charge is 2.47. The summed E-state index contributed by atoms with van der Waals surface area (Å²) in [4.78, 5) is 11.0. The molecule has 0 spiro atoms. The van der Waals surface area contributed by atoms with Gasteiger partial charge in [-0.15, -0.1) is 0 Å². The number of hydrogen-bond acceptors (Lipinski definition) is 1. The van der Waals surface area contributed by atoms with E-state index in [4.69, 9.17) is 0 Å². The Morgan fingerprint density at radius 2 is 2.25 bits per heavy atom. The van der Waals surface area contributed by atoms with E-state index in [1.54, 1.807) is 6.92 Å². The molecule has 0 bridgehead atoms. The minimum Gasteiger partial charge on any atom is -0.342 e. The van der Waals surface area contributed by atoms with Crippen LogP contribution in [-0.4, -0.2) is 11.9 Å². The van der Waals surface area contributed by atoms with Crippen LogP contribution in [0.15, 0.2) is 0 Å². The first-order valence-electron chi connectivity index (χ1n) is 4.54. The van der Waals surface area contributed by atoms with Crippen molar-refractivity contribution in [2.45, 2.75) is 32.2 Å². The van der Waals surface area contributed by atoms with Crippen molar-refractivity contribution in [3.05, 3.63) is 0 Å². The average molecular weight is 163 g/mol. The van der Waals surface area contributed by atoms with Crippen LogP contribution in [0.1, 0.15) is 26.2 Å². The van der Waals surface area contributed by atoms with Crippen molar-refractivity contribution in [2.75, 3.05) is 0 Å². The van der Waals surface area contributed by atoms with Gasteiger partial charge in [-0.2, -0.15) is 0 Å². The first-order chi connectivity index (χ1) is 5.81. The van der Waals surface area contributed by atoms with Crippen LogP contribution in [0.25, 0.3) is 0 Å². The monoisotopic (exact) mass is 163 g/mol. The van der Waals surface area contributed by atoms with Gasteiger partial charge in [-0.25, -0.2) is 0 Å². The maximum absolute atomic E-state index is 11.0. The fourth-order valence-corrected chi connectivity index (χ4v) is 1.74. The minimum atomic E-state index is -0.106. The van der Waals surface area contributed by atoms with Crippen molar-refractivity contribution in [3.8, 4) is 11.8 Å². The molecule has 2 aliphatic rings. The van der Waals surface area contributed by atoms with Crippen molar-refractivity contribution in [1.29, 1.82) is 0 Å². The molecule has 2 nitrogen and oxygen atoms in total. The predicted molar refractivity (Wildman–Crippen MR) is 46.2 cm³/mol. The molecule has 1 N–H and O–H groups in total. The lowest BCUT2D eigenvalue weighted by Crippen LogP contribution is -2.25. The summed E-state index contributed by atoms with van der Waals surface area (Å²) in [5.41, 5.74) is 0. The molecule has 0 radical (unpaired) electrons. The zero-order valence-electron chi connectivity index (χ0n) is 7.26. The van der Waals surface area contributed by atoms with E-state index in [1.807, 2.05) is 0 Å². The van der Waals surface area contributed by atoms with Gasteiger partial charge in [-0.3, -0.25) is 4.79 Å². The molecule has 0 unspecified atom stereocenters. The molecule has 2 fully saturated rings. The van der Waals surface area contributed by atoms with Gasteiger partial charge in [-0.1, -0.05) is 5.92 Å². The Hall–Kier alpha value is -0.970. The number of nitrogens with one attached hydrogen (secondary N) is 1. The molecule has 12 heavy (non-hydrogen) atoms. The lowest BCUT2D eigenvalue weighted by atomic mass is 10.3. The van der Waals surface area contributed by atoms with Gasteiger partial charge in [0.15, 0.2) is 0 Å². The molecule has 0 aromatic rings. The smallest absolute Gasteiger partial charge is 0.296 e. The van der Waals surface area contributed by atoms with Crippen molar-refractivity contribution >= 4 is 5.91 Å². The third-order valence-corrected chi connectivity index (χ3v) is 2.62. The molecule has 0 saturated heterocycles. The third-order valence-electron chi connectivity index (χ3n) is 2.62. The molecule has 0 aliphatic heterocycles. The fraction of sp³-hybridized carbons (Fsp3) is 0.700. The Kier molecular flexibility index (Phi) is 1.80. The minimum absolute atomic E-state index is 0.106. The van der Waals surface area contributed by atoms with E-state index in [0.717, 1.165) is 11.8 Å². The van der Waals surface area contributed by atoms with Crippen molar-refractivity contribution in [2.24, 2.45) is 11.8 Å². The second-order valence-corrected chi connectivity index (χ2v) is 3.69. The first kappa shape index (κ1) is 7.67. The summed E-state index contributed by atoms with van der Waals surface area (Å²) in [6.07, 6.45) is 3.93. The van der Waals surface area contributed by atoms with Crippen LogP contribution in [0.3, 0.4) is 0 Å². The van der Waals surface area contributed by atoms with Crippen LogP contribution < -0.4 is 5.32 Å². The number of carbonyl (C=O) groups is 1. The Balaban J connectivity index is 1.73. The topological polar surface area (TPSA) is 29.1 Å². The number of hydrogen-bond donors (Lipinski definition) is 1. The van der Waals surface area contributed by atoms with Gasteiger partial charge in [0.25, 0.3) is 5.91 Å². The zero-order valence-corrected chi connectivity index (χ0v) is 7.26. The van der Waals surface area contributed by atoms with Crippen LogP contribution in [0.4, 0.5) is 0 Å². The van der Waals surface area contributed by atoms with Crippen LogP contribution in [0.2, 0.25) is 0 Å². The Morgan fingerprint density at radius 1 is 1.50 bits per heavy atom. The summed E-state index contributed by atoms with van der Waals surface area (Å²) in [5, 5.41) is 2.91. The second kappa shape index (κ2) is 2.82. The van der Waals surface area contributed by atoms with E-state index >= 15 is 0 Å². The molecule has 0 heterocycles. The molecule has 2 atom stereocenters. The van der Waals surface area contributed by atoms with Crippen LogP contribution in [-0.2, 0) is 4.79 Å². The molecular weight excluding hydrogens is 150 g/mol. The average Bonchev–Trinajstić information content (AvgIpc) is 2.78. The molecule has 2 aliphatic carbocycles. The summed E-state index contributed by atoms with van der Waals surface area (Å²) in [7, 11) is 0. The number of carbonyl (C=O) groups excluding carboxylic acids is 1. The van der Waals surface area contributed by atoms with E-state index in [1.165, 1.54) is 19.3 Å². The molecular formula is C10H13NO. The van der Waals surface area contributed by atoms with Gasteiger partial charge in [0, 0.05) is 6.04 Å². The maximum Gasteiger partial charge on any atom is 0.296 e. The quantitative estimate of drug-likeness (QED) is 0.603. The molecule has 0 aromatic heterocycles. The van der Waals surface area contributed by atoms with E-state index < -0.39 is 0 Å². The van der Waals surface area contributed by atoms with E-state index in [2.05, 4.69) is 17.2 Å². The van der Waals surface area contributed by atoms with Gasteiger partial charge in [0.2, 0.25) is 0 Å². The van der Waals surface area contributed by atoms with Gasteiger partial charge >= 0.3 is 0 Å². The first-order valence-corrected chi connectivity index (χ1v) is 4.54. The van der Waals surface area contributed by atoms with E-state index in [9.17, 15) is 4.79 Å². The summed E-state index contributed by atoms with van der Waals surface area (Å²) >= 11 is 0.